The number of nitrogens with one attached hydrogen (secondary N) is 1. The van der Waals surface area contributed by atoms with Gasteiger partial charge in [-0.2, -0.15) is 0 Å². The lowest BCUT2D eigenvalue weighted by molar-refractivity contribution is 0.0615. The van der Waals surface area contributed by atoms with Gasteiger partial charge in [-0.3, -0.25) is 0 Å². The van der Waals surface area contributed by atoms with Crippen LogP contribution in [0, 0.1) is 0 Å². The minimum atomic E-state index is -0.550. The molecule has 1 aliphatic rings. The zero-order chi connectivity index (χ0) is 11.6. The summed E-state index contributed by atoms with van der Waals surface area (Å²) in [6, 6.07) is 5.67. The highest BCUT2D eigenvalue weighted by Gasteiger charge is 2.30. The molecule has 0 aliphatic heterocycles. The summed E-state index contributed by atoms with van der Waals surface area (Å²) in [4.78, 5) is 0. The van der Waals surface area contributed by atoms with Crippen molar-refractivity contribution in [3.05, 3.63) is 27.7 Å². The van der Waals surface area contributed by atoms with Gasteiger partial charge in [0.15, 0.2) is 0 Å². The topological polar surface area (TPSA) is 32.3 Å². The quantitative estimate of drug-likeness (QED) is 0.890. The van der Waals surface area contributed by atoms with E-state index in [9.17, 15) is 5.11 Å². The summed E-state index contributed by atoms with van der Waals surface area (Å²) >= 11 is 9.46. The lowest BCUT2D eigenvalue weighted by Gasteiger charge is -2.23. The molecular formula is C12H15BrClNO. The van der Waals surface area contributed by atoms with Crippen LogP contribution in [0.3, 0.4) is 0 Å². The largest absolute Gasteiger partial charge is 0.388 e. The molecule has 1 aromatic carbocycles. The highest BCUT2D eigenvalue weighted by molar-refractivity contribution is 9.10. The van der Waals surface area contributed by atoms with Crippen molar-refractivity contribution in [2.24, 2.45) is 0 Å². The van der Waals surface area contributed by atoms with Crippen molar-refractivity contribution in [3.63, 3.8) is 0 Å². The fourth-order valence-electron chi connectivity index (χ4n) is 2.10. The van der Waals surface area contributed by atoms with Crippen LogP contribution in [0.2, 0.25) is 5.02 Å². The van der Waals surface area contributed by atoms with E-state index in [0.29, 0.717) is 11.6 Å². The standard InChI is InChI=1S/C12H15BrClNO/c13-9-3-4-10(14)11(7-9)15-8-12(16)5-1-2-6-12/h3-4,7,15-16H,1-2,5-6,8H2. The first-order valence-electron chi connectivity index (χ1n) is 5.50. The van der Waals surface area contributed by atoms with Gasteiger partial charge in [0.25, 0.3) is 0 Å². The van der Waals surface area contributed by atoms with Crippen molar-refractivity contribution in [1.82, 2.24) is 0 Å². The fraction of sp³-hybridized carbons (Fsp3) is 0.500. The zero-order valence-corrected chi connectivity index (χ0v) is 11.3. The van der Waals surface area contributed by atoms with Gasteiger partial charge in [-0.05, 0) is 31.0 Å². The fourth-order valence-corrected chi connectivity index (χ4v) is 2.65. The van der Waals surface area contributed by atoms with Crippen molar-refractivity contribution in [1.29, 1.82) is 0 Å². The highest BCUT2D eigenvalue weighted by atomic mass is 79.9. The van der Waals surface area contributed by atoms with E-state index in [2.05, 4.69) is 21.2 Å². The molecular weight excluding hydrogens is 289 g/mol. The van der Waals surface area contributed by atoms with Gasteiger partial charge >= 0.3 is 0 Å². The predicted molar refractivity (Wildman–Crippen MR) is 71.1 cm³/mol. The molecule has 1 aliphatic carbocycles. The Labute approximate surface area is 109 Å². The van der Waals surface area contributed by atoms with Gasteiger partial charge < -0.3 is 10.4 Å². The summed E-state index contributed by atoms with van der Waals surface area (Å²) in [6.07, 6.45) is 3.99. The molecule has 0 unspecified atom stereocenters. The summed E-state index contributed by atoms with van der Waals surface area (Å²) in [6.45, 7) is 0.573. The number of hydrogen-bond donors (Lipinski definition) is 2. The molecule has 0 amide bonds. The number of halogens is 2. The Balaban J connectivity index is 2.01. The Morgan fingerprint density at radius 2 is 2.06 bits per heavy atom. The maximum absolute atomic E-state index is 10.2. The SMILES string of the molecule is OC1(CNc2cc(Br)ccc2Cl)CCCC1. The average molecular weight is 305 g/mol. The van der Waals surface area contributed by atoms with E-state index in [1.54, 1.807) is 0 Å². The van der Waals surface area contributed by atoms with Crippen LogP contribution in [0.1, 0.15) is 25.7 Å². The summed E-state index contributed by atoms with van der Waals surface area (Å²) in [5, 5.41) is 14.1. The van der Waals surface area contributed by atoms with Crippen molar-refractivity contribution in [2.45, 2.75) is 31.3 Å². The normalized spacial score (nSPS) is 18.7. The van der Waals surface area contributed by atoms with E-state index < -0.39 is 5.60 Å². The summed E-state index contributed by atoms with van der Waals surface area (Å²) < 4.78 is 0.984. The minimum Gasteiger partial charge on any atom is -0.388 e. The number of aliphatic hydroxyl groups is 1. The van der Waals surface area contributed by atoms with E-state index >= 15 is 0 Å². The van der Waals surface area contributed by atoms with Crippen LogP contribution in [0.25, 0.3) is 0 Å². The Morgan fingerprint density at radius 3 is 2.75 bits per heavy atom. The molecule has 16 heavy (non-hydrogen) atoms. The van der Waals surface area contributed by atoms with Crippen molar-refractivity contribution >= 4 is 33.2 Å². The second-order valence-electron chi connectivity index (χ2n) is 4.41. The van der Waals surface area contributed by atoms with Crippen molar-refractivity contribution in [3.8, 4) is 0 Å². The average Bonchev–Trinajstić information content (AvgIpc) is 2.67. The van der Waals surface area contributed by atoms with Gasteiger partial charge in [0.05, 0.1) is 16.3 Å². The molecule has 1 aromatic rings. The molecule has 2 rings (SSSR count). The van der Waals surface area contributed by atoms with Crippen LogP contribution >= 0.6 is 27.5 Å². The molecule has 0 heterocycles. The molecule has 2 nitrogen and oxygen atoms in total. The lowest BCUT2D eigenvalue weighted by atomic mass is 10.0. The van der Waals surface area contributed by atoms with Gasteiger partial charge in [0.1, 0.15) is 0 Å². The number of anilines is 1. The molecule has 2 N–H and O–H groups in total. The maximum Gasteiger partial charge on any atom is 0.0819 e. The molecule has 0 spiro atoms. The predicted octanol–water partition coefficient (Wildman–Crippen LogP) is 3.82. The van der Waals surface area contributed by atoms with E-state index in [0.717, 1.165) is 35.8 Å². The maximum atomic E-state index is 10.2. The van der Waals surface area contributed by atoms with Crippen LogP contribution in [0.5, 0.6) is 0 Å². The third-order valence-electron chi connectivity index (χ3n) is 3.07. The van der Waals surface area contributed by atoms with Crippen LogP contribution in [0.15, 0.2) is 22.7 Å². The molecule has 1 fully saturated rings. The minimum absolute atomic E-state index is 0.550. The number of benzene rings is 1. The molecule has 0 bridgehead atoms. The first-order valence-corrected chi connectivity index (χ1v) is 6.67. The van der Waals surface area contributed by atoms with Crippen LogP contribution in [0.4, 0.5) is 5.69 Å². The van der Waals surface area contributed by atoms with E-state index in [1.807, 2.05) is 18.2 Å². The molecule has 0 radical (unpaired) electrons. The first kappa shape index (κ1) is 12.2. The van der Waals surface area contributed by atoms with E-state index in [-0.39, 0.29) is 0 Å². The van der Waals surface area contributed by atoms with Crippen LogP contribution in [-0.2, 0) is 0 Å². The van der Waals surface area contributed by atoms with Gasteiger partial charge in [-0.15, -0.1) is 0 Å². The Morgan fingerprint density at radius 1 is 1.38 bits per heavy atom. The van der Waals surface area contributed by atoms with Gasteiger partial charge in [0.2, 0.25) is 0 Å². The molecule has 1 saturated carbocycles. The van der Waals surface area contributed by atoms with Crippen molar-refractivity contribution < 1.29 is 5.11 Å². The third-order valence-corrected chi connectivity index (χ3v) is 3.89. The summed E-state index contributed by atoms with van der Waals surface area (Å²) in [5.41, 5.74) is 0.322. The van der Waals surface area contributed by atoms with Crippen LogP contribution < -0.4 is 5.32 Å². The molecule has 4 heteroatoms. The Hall–Kier alpha value is -0.250. The monoisotopic (exact) mass is 303 g/mol. The second-order valence-corrected chi connectivity index (χ2v) is 5.73. The van der Waals surface area contributed by atoms with Crippen LogP contribution in [-0.4, -0.2) is 17.3 Å². The van der Waals surface area contributed by atoms with E-state index in [4.69, 9.17) is 11.6 Å². The van der Waals surface area contributed by atoms with E-state index in [1.165, 1.54) is 0 Å². The second kappa shape index (κ2) is 4.94. The molecule has 0 saturated heterocycles. The molecule has 0 atom stereocenters. The zero-order valence-electron chi connectivity index (χ0n) is 8.97. The lowest BCUT2D eigenvalue weighted by Crippen LogP contribution is -2.33. The number of rotatable bonds is 3. The summed E-state index contributed by atoms with van der Waals surface area (Å²) in [7, 11) is 0. The molecule has 88 valence electrons. The van der Waals surface area contributed by atoms with Gasteiger partial charge in [0, 0.05) is 11.0 Å². The van der Waals surface area contributed by atoms with Gasteiger partial charge in [-0.1, -0.05) is 40.4 Å². The highest BCUT2D eigenvalue weighted by Crippen LogP contribution is 2.31. The Bertz CT molecular complexity index is 377. The molecule has 0 aromatic heterocycles. The first-order chi connectivity index (χ1) is 7.59. The Kier molecular flexibility index (Phi) is 3.77. The van der Waals surface area contributed by atoms with Gasteiger partial charge in [-0.25, -0.2) is 0 Å². The third kappa shape index (κ3) is 2.90. The number of hydrogen-bond acceptors (Lipinski definition) is 2. The summed E-state index contributed by atoms with van der Waals surface area (Å²) in [5.74, 6) is 0. The van der Waals surface area contributed by atoms with Crippen molar-refractivity contribution in [2.75, 3.05) is 11.9 Å². The smallest absolute Gasteiger partial charge is 0.0819 e.